The molecule has 1 aliphatic rings. The summed E-state index contributed by atoms with van der Waals surface area (Å²) in [4.78, 5) is 28.9. The van der Waals surface area contributed by atoms with Gasteiger partial charge in [-0.05, 0) is 47.6 Å². The van der Waals surface area contributed by atoms with Crippen molar-refractivity contribution in [3.63, 3.8) is 0 Å². The van der Waals surface area contributed by atoms with Crippen LogP contribution in [0, 0.1) is 6.92 Å². The van der Waals surface area contributed by atoms with Crippen LogP contribution in [0.4, 0.5) is 5.13 Å². The number of anilines is 1. The van der Waals surface area contributed by atoms with Gasteiger partial charge in [0.05, 0.1) is 17.0 Å². The Labute approximate surface area is 206 Å². The molecule has 2 aromatic carbocycles. The zero-order valence-corrected chi connectivity index (χ0v) is 21.2. The highest BCUT2D eigenvalue weighted by molar-refractivity contribution is 7.15. The minimum atomic E-state index is -0.671. The van der Waals surface area contributed by atoms with Crippen LogP contribution in [0.15, 0.2) is 45.6 Å². The molecule has 0 radical (unpaired) electrons. The SMILES string of the molecule is CCc1nnc(N2C(=O)c3oc4cc(C)c(Cl)cc4c(=O)c3C2c2ccc(C(C)(C)C)cc2)s1. The first kappa shape index (κ1) is 22.7. The van der Waals surface area contributed by atoms with Gasteiger partial charge in [-0.15, -0.1) is 10.2 Å². The van der Waals surface area contributed by atoms with Crippen LogP contribution in [-0.4, -0.2) is 16.1 Å². The maximum Gasteiger partial charge on any atom is 0.297 e. The van der Waals surface area contributed by atoms with Crippen molar-refractivity contribution in [2.75, 3.05) is 4.90 Å². The third-order valence-electron chi connectivity index (χ3n) is 6.21. The van der Waals surface area contributed by atoms with Crippen molar-refractivity contribution in [3.05, 3.63) is 84.7 Å². The quantitative estimate of drug-likeness (QED) is 0.339. The van der Waals surface area contributed by atoms with Crippen LogP contribution in [0.1, 0.15) is 71.6 Å². The van der Waals surface area contributed by atoms with Gasteiger partial charge < -0.3 is 4.42 Å². The van der Waals surface area contributed by atoms with Gasteiger partial charge in [0, 0.05) is 5.02 Å². The van der Waals surface area contributed by atoms with Crippen molar-refractivity contribution in [3.8, 4) is 0 Å². The number of rotatable bonds is 3. The molecule has 6 nitrogen and oxygen atoms in total. The largest absolute Gasteiger partial charge is 0.450 e. The van der Waals surface area contributed by atoms with E-state index >= 15 is 0 Å². The van der Waals surface area contributed by atoms with Gasteiger partial charge in [0.25, 0.3) is 5.91 Å². The number of hydrogen-bond acceptors (Lipinski definition) is 6. The Hall–Kier alpha value is -3.03. The number of amides is 1. The lowest BCUT2D eigenvalue weighted by Crippen LogP contribution is -2.29. The zero-order valence-electron chi connectivity index (χ0n) is 19.6. The summed E-state index contributed by atoms with van der Waals surface area (Å²) >= 11 is 7.66. The number of carbonyl (C=O) groups excluding carboxylic acids is 1. The Bertz CT molecular complexity index is 1500. The van der Waals surface area contributed by atoms with Crippen LogP contribution >= 0.6 is 22.9 Å². The van der Waals surface area contributed by atoms with Gasteiger partial charge in [0.1, 0.15) is 10.6 Å². The molecule has 0 N–H and O–H groups in total. The Morgan fingerprint density at radius 3 is 2.44 bits per heavy atom. The maximum absolute atomic E-state index is 13.7. The van der Waals surface area contributed by atoms with Crippen LogP contribution in [0.3, 0.4) is 0 Å². The molecule has 0 spiro atoms. The van der Waals surface area contributed by atoms with Crippen LogP contribution in [-0.2, 0) is 11.8 Å². The van der Waals surface area contributed by atoms with E-state index in [1.165, 1.54) is 16.2 Å². The second-order valence-electron chi connectivity index (χ2n) is 9.55. The highest BCUT2D eigenvalue weighted by Crippen LogP contribution is 2.42. The summed E-state index contributed by atoms with van der Waals surface area (Å²) < 4.78 is 6.05. The second-order valence-corrected chi connectivity index (χ2v) is 11.0. The number of halogens is 1. The molecule has 3 heterocycles. The third kappa shape index (κ3) is 3.54. The van der Waals surface area contributed by atoms with Gasteiger partial charge in [-0.2, -0.15) is 0 Å². The summed E-state index contributed by atoms with van der Waals surface area (Å²) in [5.74, 6) is -0.359. The van der Waals surface area contributed by atoms with Crippen LogP contribution in [0.5, 0.6) is 0 Å². The molecule has 4 aromatic rings. The summed E-state index contributed by atoms with van der Waals surface area (Å²) in [6.45, 7) is 10.2. The maximum atomic E-state index is 13.7. The van der Waals surface area contributed by atoms with Crippen molar-refractivity contribution in [1.82, 2.24) is 10.2 Å². The van der Waals surface area contributed by atoms with Crippen molar-refractivity contribution < 1.29 is 9.21 Å². The first-order valence-electron chi connectivity index (χ1n) is 11.1. The monoisotopic (exact) mass is 493 g/mol. The molecule has 2 aromatic heterocycles. The molecule has 0 aliphatic carbocycles. The Balaban J connectivity index is 1.77. The molecule has 1 atom stereocenters. The molecule has 8 heteroatoms. The van der Waals surface area contributed by atoms with Crippen molar-refractivity contribution >= 4 is 44.9 Å². The highest BCUT2D eigenvalue weighted by atomic mass is 35.5. The summed E-state index contributed by atoms with van der Waals surface area (Å²) in [5.41, 5.74) is 3.08. The number of aryl methyl sites for hydroxylation is 2. The molecule has 0 bridgehead atoms. The van der Waals surface area contributed by atoms with Gasteiger partial charge in [-0.25, -0.2) is 0 Å². The summed E-state index contributed by atoms with van der Waals surface area (Å²) in [5, 5.41) is 10.6. The summed E-state index contributed by atoms with van der Waals surface area (Å²) in [6, 6.07) is 10.7. The molecule has 0 saturated carbocycles. The fourth-order valence-corrected chi connectivity index (χ4v) is 5.23. The minimum Gasteiger partial charge on any atom is -0.450 e. The van der Waals surface area contributed by atoms with Gasteiger partial charge in [0.2, 0.25) is 10.9 Å². The van der Waals surface area contributed by atoms with Gasteiger partial charge in [0.15, 0.2) is 5.43 Å². The lowest BCUT2D eigenvalue weighted by molar-refractivity contribution is 0.0970. The van der Waals surface area contributed by atoms with E-state index in [0.29, 0.717) is 33.1 Å². The molecule has 0 saturated heterocycles. The van der Waals surface area contributed by atoms with Crippen molar-refractivity contribution in [1.29, 1.82) is 0 Å². The number of aromatic nitrogens is 2. The summed E-state index contributed by atoms with van der Waals surface area (Å²) in [6.07, 6.45) is 0.705. The number of nitrogens with zero attached hydrogens (tertiary/aromatic N) is 3. The van der Waals surface area contributed by atoms with Crippen molar-refractivity contribution in [2.24, 2.45) is 0 Å². The van der Waals surface area contributed by atoms with E-state index in [2.05, 4.69) is 31.0 Å². The number of carbonyl (C=O) groups is 1. The first-order chi connectivity index (χ1) is 16.1. The van der Waals surface area contributed by atoms with E-state index in [-0.39, 0.29) is 16.6 Å². The Morgan fingerprint density at radius 2 is 1.82 bits per heavy atom. The number of benzene rings is 2. The van der Waals surface area contributed by atoms with E-state index < -0.39 is 11.9 Å². The van der Waals surface area contributed by atoms with E-state index in [1.54, 1.807) is 12.1 Å². The predicted octanol–water partition coefficient (Wildman–Crippen LogP) is 6.22. The van der Waals surface area contributed by atoms with E-state index in [1.807, 2.05) is 38.1 Å². The molecule has 34 heavy (non-hydrogen) atoms. The molecule has 1 unspecified atom stereocenters. The van der Waals surface area contributed by atoms with E-state index in [0.717, 1.165) is 21.7 Å². The highest BCUT2D eigenvalue weighted by Gasteiger charge is 2.45. The van der Waals surface area contributed by atoms with Gasteiger partial charge in [-0.3, -0.25) is 14.5 Å². The molecular formula is C26H24ClN3O3S. The minimum absolute atomic E-state index is 0.0271. The van der Waals surface area contributed by atoms with Crippen LogP contribution in [0.2, 0.25) is 5.02 Å². The molecular weight excluding hydrogens is 470 g/mol. The third-order valence-corrected chi connectivity index (χ3v) is 7.68. The van der Waals surface area contributed by atoms with E-state index in [9.17, 15) is 9.59 Å². The fourth-order valence-electron chi connectivity index (χ4n) is 4.26. The van der Waals surface area contributed by atoms with Crippen LogP contribution < -0.4 is 10.3 Å². The van der Waals surface area contributed by atoms with E-state index in [4.69, 9.17) is 16.0 Å². The average molecular weight is 494 g/mol. The topological polar surface area (TPSA) is 76.3 Å². The fraction of sp³-hybridized carbons (Fsp3) is 0.308. The lowest BCUT2D eigenvalue weighted by atomic mass is 9.86. The van der Waals surface area contributed by atoms with Crippen molar-refractivity contribution in [2.45, 2.75) is 52.5 Å². The predicted molar refractivity (Wildman–Crippen MR) is 135 cm³/mol. The standard InChI is InChI=1S/C26H24ClN3O3S/c1-6-19-28-29-25(34-19)30-21(14-7-9-15(10-8-14)26(3,4)5)20-22(31)16-12-17(27)13(2)11-18(16)33-23(20)24(30)32/h7-12,21H,6H2,1-5H3. The number of fused-ring (bicyclic) bond motifs is 2. The molecule has 1 amide bonds. The molecule has 0 fully saturated rings. The molecule has 1 aliphatic heterocycles. The second kappa shape index (κ2) is 8.03. The Kier molecular flexibility index (Phi) is 5.37. The zero-order chi connectivity index (χ0) is 24.4. The number of hydrogen-bond donors (Lipinski definition) is 0. The summed E-state index contributed by atoms with van der Waals surface area (Å²) in [7, 11) is 0. The van der Waals surface area contributed by atoms with Gasteiger partial charge in [-0.1, -0.05) is 74.9 Å². The smallest absolute Gasteiger partial charge is 0.297 e. The molecule has 5 rings (SSSR count). The van der Waals surface area contributed by atoms with Crippen LogP contribution in [0.25, 0.3) is 11.0 Å². The average Bonchev–Trinajstić information content (AvgIpc) is 3.37. The molecule has 174 valence electrons. The normalized spacial score (nSPS) is 15.9. The first-order valence-corrected chi connectivity index (χ1v) is 12.3. The van der Waals surface area contributed by atoms with Gasteiger partial charge >= 0.3 is 0 Å². The lowest BCUT2D eigenvalue weighted by Gasteiger charge is -2.24. The Morgan fingerprint density at radius 1 is 1.12 bits per heavy atom.